The third kappa shape index (κ3) is 4.60. The van der Waals surface area contributed by atoms with Gasteiger partial charge in [0.1, 0.15) is 6.54 Å². The number of amides is 1. The van der Waals surface area contributed by atoms with Crippen LogP contribution in [0.15, 0.2) is 12.4 Å². The van der Waals surface area contributed by atoms with Crippen molar-refractivity contribution in [1.29, 1.82) is 0 Å². The van der Waals surface area contributed by atoms with E-state index in [1.54, 1.807) is 0 Å². The van der Waals surface area contributed by atoms with Gasteiger partial charge in [0.2, 0.25) is 5.91 Å². The highest BCUT2D eigenvalue weighted by Gasteiger charge is 2.19. The summed E-state index contributed by atoms with van der Waals surface area (Å²) < 4.78 is 2.05. The van der Waals surface area contributed by atoms with Crippen LogP contribution in [0.25, 0.3) is 0 Å². The van der Waals surface area contributed by atoms with Gasteiger partial charge in [-0.3, -0.25) is 4.79 Å². The Morgan fingerprint density at radius 1 is 1.38 bits per heavy atom. The van der Waals surface area contributed by atoms with Crippen LogP contribution >= 0.6 is 0 Å². The number of nitrogens with one attached hydrogen (secondary N) is 2. The lowest BCUT2D eigenvalue weighted by atomic mass is 10.1. The first-order chi connectivity index (χ1) is 10.1. The summed E-state index contributed by atoms with van der Waals surface area (Å²) in [5, 5.41) is 6.40. The van der Waals surface area contributed by atoms with Gasteiger partial charge in [-0.25, -0.2) is 0 Å². The predicted molar refractivity (Wildman–Crippen MR) is 86.3 cm³/mol. The second-order valence-corrected chi connectivity index (χ2v) is 6.53. The van der Waals surface area contributed by atoms with Gasteiger partial charge in [0.15, 0.2) is 0 Å². The number of hydrogen-bond donors (Lipinski definition) is 2. The molecule has 1 aromatic rings. The third-order valence-electron chi connectivity index (χ3n) is 4.28. The molecular formula is C17H29N3O. The summed E-state index contributed by atoms with van der Waals surface area (Å²) >= 11 is 0. The second-order valence-electron chi connectivity index (χ2n) is 6.53. The average Bonchev–Trinajstić information content (AvgIpc) is 2.71. The number of carbonyl (C=O) groups excluding carboxylic acids is 1. The van der Waals surface area contributed by atoms with Crippen LogP contribution in [0.5, 0.6) is 0 Å². The highest BCUT2D eigenvalue weighted by Crippen LogP contribution is 2.29. The Kier molecular flexibility index (Phi) is 5.85. The van der Waals surface area contributed by atoms with E-state index in [0.29, 0.717) is 18.5 Å². The molecule has 118 valence electrons. The molecule has 21 heavy (non-hydrogen) atoms. The normalized spacial score (nSPS) is 18.4. The Bertz CT molecular complexity index is 465. The van der Waals surface area contributed by atoms with Gasteiger partial charge < -0.3 is 15.2 Å². The van der Waals surface area contributed by atoms with Crippen LogP contribution in [-0.2, 0) is 17.8 Å². The predicted octanol–water partition coefficient (Wildman–Crippen LogP) is 2.64. The Labute approximate surface area is 128 Å². The number of fused-ring (bicyclic) bond motifs is 1. The van der Waals surface area contributed by atoms with E-state index in [0.717, 1.165) is 19.4 Å². The lowest BCUT2D eigenvalue weighted by molar-refractivity contribution is -0.121. The topological polar surface area (TPSA) is 46.1 Å². The molecule has 4 nitrogen and oxygen atoms in total. The van der Waals surface area contributed by atoms with Crippen LogP contribution in [0, 0.1) is 5.92 Å². The summed E-state index contributed by atoms with van der Waals surface area (Å²) in [7, 11) is 2.02. The standard InChI is InChI=1S/C17H29N3O/c1-13(2)8-9-19-17(21)12-20-10-14-6-4-5-7-16(18-3)15(14)11-20/h10-11,13,16,18H,4-9,12H2,1-3H3,(H,19,21). The molecule has 0 saturated carbocycles. The van der Waals surface area contributed by atoms with E-state index in [1.165, 1.54) is 30.4 Å². The van der Waals surface area contributed by atoms with Crippen LogP contribution in [-0.4, -0.2) is 24.1 Å². The number of rotatable bonds is 6. The number of carbonyl (C=O) groups is 1. The Morgan fingerprint density at radius 2 is 2.19 bits per heavy atom. The van der Waals surface area contributed by atoms with Crippen LogP contribution in [0.3, 0.4) is 0 Å². The number of nitrogens with zero attached hydrogens (tertiary/aromatic N) is 1. The average molecular weight is 291 g/mol. The molecule has 0 spiro atoms. The fourth-order valence-electron chi connectivity index (χ4n) is 3.03. The molecule has 1 unspecified atom stereocenters. The fraction of sp³-hybridized carbons (Fsp3) is 0.706. The molecule has 2 N–H and O–H groups in total. The minimum atomic E-state index is 0.113. The molecule has 0 saturated heterocycles. The minimum absolute atomic E-state index is 0.113. The van der Waals surface area contributed by atoms with E-state index in [1.807, 2.05) is 11.6 Å². The van der Waals surface area contributed by atoms with Crippen molar-refractivity contribution in [1.82, 2.24) is 15.2 Å². The molecule has 0 radical (unpaired) electrons. The molecule has 0 bridgehead atoms. The van der Waals surface area contributed by atoms with Crippen LogP contribution in [0.2, 0.25) is 0 Å². The lowest BCUT2D eigenvalue weighted by Gasteiger charge is -2.13. The van der Waals surface area contributed by atoms with E-state index in [-0.39, 0.29) is 5.91 Å². The van der Waals surface area contributed by atoms with E-state index in [9.17, 15) is 4.79 Å². The van der Waals surface area contributed by atoms with E-state index in [2.05, 4.69) is 36.9 Å². The molecule has 0 aromatic carbocycles. The maximum absolute atomic E-state index is 12.0. The molecule has 4 heteroatoms. The first-order valence-corrected chi connectivity index (χ1v) is 8.22. The van der Waals surface area contributed by atoms with Gasteiger partial charge in [0.05, 0.1) is 0 Å². The van der Waals surface area contributed by atoms with Crippen molar-refractivity contribution in [3.63, 3.8) is 0 Å². The smallest absolute Gasteiger partial charge is 0.239 e. The van der Waals surface area contributed by atoms with E-state index >= 15 is 0 Å². The quantitative estimate of drug-likeness (QED) is 0.792. The summed E-state index contributed by atoms with van der Waals surface area (Å²) in [4.78, 5) is 12.0. The number of aromatic nitrogens is 1. The summed E-state index contributed by atoms with van der Waals surface area (Å²) in [6, 6.07) is 0.438. The van der Waals surface area contributed by atoms with Gasteiger partial charge in [-0.05, 0) is 49.8 Å². The van der Waals surface area contributed by atoms with E-state index in [4.69, 9.17) is 0 Å². The molecular weight excluding hydrogens is 262 g/mol. The molecule has 0 fully saturated rings. The zero-order valence-electron chi connectivity index (χ0n) is 13.6. The summed E-state index contributed by atoms with van der Waals surface area (Å²) in [5.74, 6) is 0.742. The van der Waals surface area contributed by atoms with Gasteiger partial charge in [-0.15, -0.1) is 0 Å². The summed E-state index contributed by atoms with van der Waals surface area (Å²) in [6.45, 7) is 5.55. The first-order valence-electron chi connectivity index (χ1n) is 8.22. The van der Waals surface area contributed by atoms with Gasteiger partial charge in [-0.2, -0.15) is 0 Å². The molecule has 1 aliphatic carbocycles. The maximum Gasteiger partial charge on any atom is 0.239 e. The molecule has 1 amide bonds. The fourth-order valence-corrected chi connectivity index (χ4v) is 3.03. The van der Waals surface area contributed by atoms with Gasteiger partial charge >= 0.3 is 0 Å². The van der Waals surface area contributed by atoms with Crippen LogP contribution in [0.4, 0.5) is 0 Å². The maximum atomic E-state index is 12.0. The molecule has 1 aromatic heterocycles. The molecule has 1 aliphatic rings. The van der Waals surface area contributed by atoms with Crippen molar-refractivity contribution in [3.8, 4) is 0 Å². The Morgan fingerprint density at radius 3 is 2.90 bits per heavy atom. The third-order valence-corrected chi connectivity index (χ3v) is 4.28. The zero-order chi connectivity index (χ0) is 15.2. The first kappa shape index (κ1) is 16.1. The van der Waals surface area contributed by atoms with Crippen LogP contribution < -0.4 is 10.6 Å². The van der Waals surface area contributed by atoms with Crippen molar-refractivity contribution in [2.75, 3.05) is 13.6 Å². The zero-order valence-corrected chi connectivity index (χ0v) is 13.6. The largest absolute Gasteiger partial charge is 0.355 e. The summed E-state index contributed by atoms with van der Waals surface area (Å²) in [5.41, 5.74) is 2.78. The molecule has 1 atom stereocenters. The van der Waals surface area contributed by atoms with Gasteiger partial charge in [0, 0.05) is 25.0 Å². The second kappa shape index (κ2) is 7.64. The minimum Gasteiger partial charge on any atom is -0.355 e. The number of hydrogen-bond acceptors (Lipinski definition) is 2. The molecule has 1 heterocycles. The van der Waals surface area contributed by atoms with Crippen molar-refractivity contribution in [2.45, 2.75) is 58.5 Å². The highest BCUT2D eigenvalue weighted by molar-refractivity contribution is 5.75. The monoisotopic (exact) mass is 291 g/mol. The Hall–Kier alpha value is -1.29. The van der Waals surface area contributed by atoms with Crippen molar-refractivity contribution in [2.24, 2.45) is 5.92 Å². The number of aryl methyl sites for hydroxylation is 1. The van der Waals surface area contributed by atoms with Crippen molar-refractivity contribution < 1.29 is 4.79 Å². The van der Waals surface area contributed by atoms with Gasteiger partial charge in [-0.1, -0.05) is 20.3 Å². The van der Waals surface area contributed by atoms with Crippen molar-refractivity contribution >= 4 is 5.91 Å². The lowest BCUT2D eigenvalue weighted by Crippen LogP contribution is -2.28. The SMILES string of the molecule is CNC1CCCCc2cn(CC(=O)NCCC(C)C)cc21. The Balaban J connectivity index is 1.94. The van der Waals surface area contributed by atoms with Gasteiger partial charge in [0.25, 0.3) is 0 Å². The van der Waals surface area contributed by atoms with Crippen LogP contribution in [0.1, 0.15) is 56.7 Å². The molecule has 2 rings (SSSR count). The summed E-state index contributed by atoms with van der Waals surface area (Å²) in [6.07, 6.45) is 10.2. The van der Waals surface area contributed by atoms with Crippen molar-refractivity contribution in [3.05, 3.63) is 23.5 Å². The molecule has 0 aliphatic heterocycles. The highest BCUT2D eigenvalue weighted by atomic mass is 16.1. The van der Waals surface area contributed by atoms with E-state index < -0.39 is 0 Å².